The number of aromatic nitrogens is 2. The molecule has 0 spiro atoms. The quantitative estimate of drug-likeness (QED) is 0.265. The van der Waals surface area contributed by atoms with Crippen molar-refractivity contribution in [2.75, 3.05) is 13.7 Å². The van der Waals surface area contributed by atoms with Gasteiger partial charge in [-0.1, -0.05) is 64.7 Å². The van der Waals surface area contributed by atoms with Crippen LogP contribution in [0.25, 0.3) is 11.4 Å². The molecule has 1 aromatic heterocycles. The van der Waals surface area contributed by atoms with Crippen molar-refractivity contribution in [3.63, 3.8) is 0 Å². The van der Waals surface area contributed by atoms with Crippen molar-refractivity contribution in [2.45, 2.75) is 90.6 Å². The lowest BCUT2D eigenvalue weighted by atomic mass is 10.0. The molecule has 0 aliphatic carbocycles. The first-order chi connectivity index (χ1) is 15.1. The van der Waals surface area contributed by atoms with Crippen molar-refractivity contribution in [2.24, 2.45) is 0 Å². The Balaban J connectivity index is 1.70. The van der Waals surface area contributed by atoms with Gasteiger partial charge in [-0.2, -0.15) is 0 Å². The van der Waals surface area contributed by atoms with Gasteiger partial charge < -0.3 is 9.47 Å². The lowest BCUT2D eigenvalue weighted by molar-refractivity contribution is 0.0702. The molecule has 31 heavy (non-hydrogen) atoms. The van der Waals surface area contributed by atoms with Gasteiger partial charge in [0.1, 0.15) is 6.61 Å². The van der Waals surface area contributed by atoms with E-state index in [9.17, 15) is 4.39 Å². The predicted molar refractivity (Wildman–Crippen MR) is 125 cm³/mol. The summed E-state index contributed by atoms with van der Waals surface area (Å²) in [6.07, 6.45) is 17.9. The Kier molecular flexibility index (Phi) is 12.1. The highest BCUT2D eigenvalue weighted by Gasteiger charge is 2.10. The van der Waals surface area contributed by atoms with Crippen LogP contribution in [0.15, 0.2) is 30.6 Å². The van der Waals surface area contributed by atoms with Crippen molar-refractivity contribution in [3.05, 3.63) is 42.0 Å². The lowest BCUT2D eigenvalue weighted by Crippen LogP contribution is -2.16. The minimum atomic E-state index is -0.418. The molecule has 0 fully saturated rings. The number of hydrogen-bond donors (Lipinski definition) is 0. The fourth-order valence-electron chi connectivity index (χ4n) is 3.48. The first-order valence-corrected chi connectivity index (χ1v) is 11.9. The van der Waals surface area contributed by atoms with Crippen LogP contribution in [-0.2, 0) is 11.2 Å². The predicted octanol–water partition coefficient (Wildman–Crippen LogP) is 7.16. The molecule has 4 nitrogen and oxygen atoms in total. The summed E-state index contributed by atoms with van der Waals surface area (Å²) in [4.78, 5) is 8.86. The van der Waals surface area contributed by atoms with Gasteiger partial charge in [0.15, 0.2) is 17.4 Å². The molecule has 1 aromatic carbocycles. The third-order valence-electron chi connectivity index (χ3n) is 5.59. The minimum Gasteiger partial charge on any atom is -0.488 e. The fourth-order valence-corrected chi connectivity index (χ4v) is 3.48. The number of methoxy groups -OCH3 is 1. The number of aryl methyl sites for hydroxylation is 1. The first kappa shape index (κ1) is 25.3. The highest BCUT2D eigenvalue weighted by molar-refractivity contribution is 5.56. The Morgan fingerprint density at radius 2 is 1.52 bits per heavy atom. The summed E-state index contributed by atoms with van der Waals surface area (Å²) in [5, 5.41) is 0. The number of halogens is 1. The van der Waals surface area contributed by atoms with E-state index >= 15 is 0 Å². The van der Waals surface area contributed by atoms with E-state index in [0.717, 1.165) is 12.0 Å². The zero-order valence-electron chi connectivity index (χ0n) is 19.5. The number of nitrogens with zero attached hydrogens (tertiary/aromatic N) is 2. The molecule has 0 aliphatic rings. The van der Waals surface area contributed by atoms with Gasteiger partial charge in [0.05, 0.1) is 6.10 Å². The van der Waals surface area contributed by atoms with Crippen LogP contribution in [0.5, 0.6) is 5.75 Å². The van der Waals surface area contributed by atoms with E-state index in [-0.39, 0.29) is 11.9 Å². The molecule has 1 atom stereocenters. The molecular weight excluding hydrogens is 391 g/mol. The summed E-state index contributed by atoms with van der Waals surface area (Å²) in [6.45, 7) is 4.44. The topological polar surface area (TPSA) is 44.2 Å². The van der Waals surface area contributed by atoms with Crippen LogP contribution >= 0.6 is 0 Å². The van der Waals surface area contributed by atoms with Crippen molar-refractivity contribution in [3.8, 4) is 17.1 Å². The normalized spacial score (nSPS) is 12.1. The van der Waals surface area contributed by atoms with E-state index in [1.54, 1.807) is 19.2 Å². The standard InChI is InChI=1S/C26H39FN2O2/c1-4-5-6-7-8-9-10-11-12-13-14-22-18-28-26(29-19-22)23-15-16-25(24(27)17-23)31-20-21(2)30-3/h15-19,21H,4-14,20H2,1-3H3. The van der Waals surface area contributed by atoms with Gasteiger partial charge in [0.2, 0.25) is 0 Å². The van der Waals surface area contributed by atoms with E-state index in [0.29, 0.717) is 18.0 Å². The van der Waals surface area contributed by atoms with E-state index in [4.69, 9.17) is 9.47 Å². The van der Waals surface area contributed by atoms with Crippen molar-refractivity contribution in [1.29, 1.82) is 0 Å². The van der Waals surface area contributed by atoms with Crippen LogP contribution in [0.3, 0.4) is 0 Å². The van der Waals surface area contributed by atoms with Gasteiger partial charge in [-0.25, -0.2) is 14.4 Å². The molecule has 0 N–H and O–H groups in total. The van der Waals surface area contributed by atoms with Gasteiger partial charge in [-0.15, -0.1) is 0 Å². The zero-order valence-corrected chi connectivity index (χ0v) is 19.5. The molecule has 0 saturated heterocycles. The number of rotatable bonds is 16. The second-order valence-electron chi connectivity index (χ2n) is 8.35. The third kappa shape index (κ3) is 9.77. The maximum absolute atomic E-state index is 14.3. The van der Waals surface area contributed by atoms with Crippen LogP contribution < -0.4 is 4.74 Å². The Morgan fingerprint density at radius 1 is 0.903 bits per heavy atom. The Bertz CT molecular complexity index is 737. The molecule has 0 aliphatic heterocycles. The third-order valence-corrected chi connectivity index (χ3v) is 5.59. The second kappa shape index (κ2) is 14.9. The summed E-state index contributed by atoms with van der Waals surface area (Å²) in [7, 11) is 1.60. The molecule has 5 heteroatoms. The maximum Gasteiger partial charge on any atom is 0.165 e. The smallest absolute Gasteiger partial charge is 0.165 e. The van der Waals surface area contributed by atoms with Crippen LogP contribution in [0.1, 0.15) is 83.6 Å². The highest BCUT2D eigenvalue weighted by Crippen LogP contribution is 2.24. The maximum atomic E-state index is 14.3. The summed E-state index contributed by atoms with van der Waals surface area (Å²) in [6, 6.07) is 4.82. The molecule has 2 rings (SSSR count). The molecule has 1 unspecified atom stereocenters. The van der Waals surface area contributed by atoms with Crippen molar-refractivity contribution >= 4 is 0 Å². The SMILES string of the molecule is CCCCCCCCCCCCc1cnc(-c2ccc(OCC(C)OC)c(F)c2)nc1. The largest absolute Gasteiger partial charge is 0.488 e. The monoisotopic (exact) mass is 430 g/mol. The van der Waals surface area contributed by atoms with Gasteiger partial charge in [0.25, 0.3) is 0 Å². The van der Waals surface area contributed by atoms with Crippen LogP contribution in [0, 0.1) is 5.82 Å². The zero-order chi connectivity index (χ0) is 22.3. The Morgan fingerprint density at radius 3 is 2.10 bits per heavy atom. The van der Waals surface area contributed by atoms with E-state index < -0.39 is 5.82 Å². The summed E-state index contributed by atoms with van der Waals surface area (Å²) >= 11 is 0. The number of hydrogen-bond acceptors (Lipinski definition) is 4. The van der Waals surface area contributed by atoms with E-state index in [1.165, 1.54) is 70.3 Å². The Labute approximate surface area is 187 Å². The van der Waals surface area contributed by atoms with Crippen molar-refractivity contribution < 1.29 is 13.9 Å². The Hall–Kier alpha value is -2.01. The van der Waals surface area contributed by atoms with E-state index in [1.807, 2.05) is 19.3 Å². The summed E-state index contributed by atoms with van der Waals surface area (Å²) in [5.41, 5.74) is 1.78. The molecular formula is C26H39FN2O2. The molecule has 0 saturated carbocycles. The number of unbranched alkanes of at least 4 members (excludes halogenated alkanes) is 9. The molecule has 1 heterocycles. The van der Waals surface area contributed by atoms with Crippen molar-refractivity contribution in [1.82, 2.24) is 9.97 Å². The molecule has 2 aromatic rings. The molecule has 0 radical (unpaired) electrons. The van der Waals surface area contributed by atoms with Crippen LogP contribution in [0.2, 0.25) is 0 Å². The van der Waals surface area contributed by atoms with Gasteiger partial charge in [-0.05, 0) is 43.5 Å². The van der Waals surface area contributed by atoms with Gasteiger partial charge in [0, 0.05) is 25.1 Å². The van der Waals surface area contributed by atoms with Gasteiger partial charge >= 0.3 is 0 Å². The van der Waals surface area contributed by atoms with Gasteiger partial charge in [-0.3, -0.25) is 0 Å². The molecule has 0 amide bonds. The number of benzene rings is 1. The molecule has 0 bridgehead atoms. The fraction of sp³-hybridized carbons (Fsp3) is 0.615. The number of ether oxygens (including phenoxy) is 2. The van der Waals surface area contributed by atoms with Crippen LogP contribution in [0.4, 0.5) is 4.39 Å². The first-order valence-electron chi connectivity index (χ1n) is 11.9. The minimum absolute atomic E-state index is 0.0921. The second-order valence-corrected chi connectivity index (χ2v) is 8.35. The average molecular weight is 431 g/mol. The summed E-state index contributed by atoms with van der Waals surface area (Å²) in [5.74, 6) is 0.326. The average Bonchev–Trinajstić information content (AvgIpc) is 2.79. The van der Waals surface area contributed by atoms with E-state index in [2.05, 4.69) is 16.9 Å². The molecule has 172 valence electrons. The highest BCUT2D eigenvalue weighted by atomic mass is 19.1. The summed E-state index contributed by atoms with van der Waals surface area (Å²) < 4.78 is 24.9. The van der Waals surface area contributed by atoms with Crippen LogP contribution in [-0.4, -0.2) is 29.8 Å². The lowest BCUT2D eigenvalue weighted by Gasteiger charge is -2.12.